The lowest BCUT2D eigenvalue weighted by Crippen LogP contribution is -2.37. The van der Waals surface area contributed by atoms with Crippen molar-refractivity contribution in [1.82, 2.24) is 4.98 Å². The van der Waals surface area contributed by atoms with Crippen molar-refractivity contribution in [2.75, 3.05) is 31.2 Å². The molecule has 2 aromatic rings. The van der Waals surface area contributed by atoms with Crippen LogP contribution in [0.15, 0.2) is 30.3 Å². The highest BCUT2D eigenvalue weighted by atomic mass is 35.5. The van der Waals surface area contributed by atoms with E-state index in [0.29, 0.717) is 25.0 Å². The van der Waals surface area contributed by atoms with E-state index < -0.39 is 0 Å². The average molecular weight is 333 g/mol. The number of aromatic nitrogens is 1. The van der Waals surface area contributed by atoms with E-state index >= 15 is 0 Å². The highest BCUT2D eigenvalue weighted by Crippen LogP contribution is 2.39. The molecule has 0 unspecified atom stereocenters. The number of ether oxygens (including phenoxy) is 2. The first-order valence-corrected chi connectivity index (χ1v) is 8.20. The zero-order chi connectivity index (χ0) is 16.2. The monoisotopic (exact) mass is 332 g/mol. The van der Waals surface area contributed by atoms with Crippen LogP contribution < -0.4 is 9.64 Å². The van der Waals surface area contributed by atoms with Crippen LogP contribution in [0.25, 0.3) is 0 Å². The largest absolute Gasteiger partial charge is 0.486 e. The normalized spacial score (nSPS) is 14.8. The van der Waals surface area contributed by atoms with Crippen LogP contribution in [-0.2, 0) is 11.3 Å². The van der Waals surface area contributed by atoms with Crippen LogP contribution in [0.1, 0.15) is 16.8 Å². The van der Waals surface area contributed by atoms with Crippen LogP contribution in [0.3, 0.4) is 0 Å². The van der Waals surface area contributed by atoms with Gasteiger partial charge in [-0.2, -0.15) is 0 Å². The summed E-state index contributed by atoms with van der Waals surface area (Å²) in [7, 11) is 0. The van der Waals surface area contributed by atoms with E-state index in [1.807, 2.05) is 32.0 Å². The molecule has 1 fully saturated rings. The number of halogens is 1. The van der Waals surface area contributed by atoms with Crippen molar-refractivity contribution in [1.29, 1.82) is 0 Å². The van der Waals surface area contributed by atoms with E-state index in [1.54, 1.807) is 0 Å². The van der Waals surface area contributed by atoms with Crippen LogP contribution in [0.4, 0.5) is 5.69 Å². The molecule has 0 N–H and O–H groups in total. The van der Waals surface area contributed by atoms with Crippen LogP contribution in [0.2, 0.25) is 5.15 Å². The molecule has 0 spiro atoms. The molecule has 5 heteroatoms. The number of hydrogen-bond donors (Lipinski definition) is 0. The molecule has 4 nitrogen and oxygen atoms in total. The highest BCUT2D eigenvalue weighted by molar-refractivity contribution is 6.32. The van der Waals surface area contributed by atoms with Gasteiger partial charge in [-0.05, 0) is 19.4 Å². The van der Waals surface area contributed by atoms with Gasteiger partial charge in [-0.3, -0.25) is 0 Å². The molecule has 0 bridgehead atoms. The topological polar surface area (TPSA) is 34.6 Å². The van der Waals surface area contributed by atoms with E-state index in [2.05, 4.69) is 22.0 Å². The zero-order valence-corrected chi connectivity index (χ0v) is 14.3. The molecule has 0 aliphatic carbocycles. The molecular weight excluding hydrogens is 312 g/mol. The Bertz CT molecular complexity index is 670. The van der Waals surface area contributed by atoms with Crippen molar-refractivity contribution in [3.63, 3.8) is 0 Å². The molecule has 3 rings (SSSR count). The van der Waals surface area contributed by atoms with Gasteiger partial charge in [-0.1, -0.05) is 41.9 Å². The van der Waals surface area contributed by atoms with Gasteiger partial charge in [0.1, 0.15) is 12.3 Å². The van der Waals surface area contributed by atoms with E-state index in [-0.39, 0.29) is 0 Å². The van der Waals surface area contributed by atoms with Crippen molar-refractivity contribution < 1.29 is 9.47 Å². The first kappa shape index (κ1) is 16.1. The Kier molecular flexibility index (Phi) is 5.03. The molecule has 1 aliphatic rings. The third-order valence-corrected chi connectivity index (χ3v) is 4.38. The van der Waals surface area contributed by atoms with Gasteiger partial charge in [0.15, 0.2) is 10.9 Å². The summed E-state index contributed by atoms with van der Waals surface area (Å²) in [5.74, 6) is 0.827. The lowest BCUT2D eigenvalue weighted by molar-refractivity contribution is 0.122. The van der Waals surface area contributed by atoms with E-state index in [1.165, 1.54) is 0 Å². The molecule has 1 aromatic carbocycles. The molecule has 1 aromatic heterocycles. The number of nitrogens with zero attached hydrogens (tertiary/aromatic N) is 2. The van der Waals surface area contributed by atoms with Crippen LogP contribution in [0.5, 0.6) is 5.75 Å². The summed E-state index contributed by atoms with van der Waals surface area (Å²) in [6.45, 7) is 7.49. The minimum atomic E-state index is 0.498. The standard InChI is InChI=1S/C18H21ClN2O2/c1-13-14(2)20-18(19)16(21-8-10-22-11-9-21)17(13)23-12-15-6-4-3-5-7-15/h3-7H,8-12H2,1-2H3. The summed E-state index contributed by atoms with van der Waals surface area (Å²) in [6, 6.07) is 10.1. The first-order valence-electron chi connectivity index (χ1n) is 7.83. The Morgan fingerprint density at radius 1 is 1.17 bits per heavy atom. The second-order valence-electron chi connectivity index (χ2n) is 5.66. The van der Waals surface area contributed by atoms with Crippen LogP contribution >= 0.6 is 11.6 Å². The Morgan fingerprint density at radius 3 is 2.57 bits per heavy atom. The minimum absolute atomic E-state index is 0.498. The summed E-state index contributed by atoms with van der Waals surface area (Å²) >= 11 is 6.45. The van der Waals surface area contributed by atoms with Crippen molar-refractivity contribution in [3.8, 4) is 5.75 Å². The molecular formula is C18H21ClN2O2. The molecule has 0 atom stereocenters. The predicted octanol–water partition coefficient (Wildman–Crippen LogP) is 3.77. The smallest absolute Gasteiger partial charge is 0.156 e. The van der Waals surface area contributed by atoms with E-state index in [0.717, 1.165) is 41.3 Å². The average Bonchev–Trinajstić information content (AvgIpc) is 2.58. The molecule has 0 amide bonds. The second-order valence-corrected chi connectivity index (χ2v) is 6.02. The quantitative estimate of drug-likeness (QED) is 0.798. The van der Waals surface area contributed by atoms with Gasteiger partial charge < -0.3 is 14.4 Å². The molecule has 1 aliphatic heterocycles. The molecule has 23 heavy (non-hydrogen) atoms. The number of morpholine rings is 1. The molecule has 1 saturated heterocycles. The fraction of sp³-hybridized carbons (Fsp3) is 0.389. The third kappa shape index (κ3) is 3.59. The van der Waals surface area contributed by atoms with Crippen molar-refractivity contribution in [2.24, 2.45) is 0 Å². The SMILES string of the molecule is Cc1nc(Cl)c(N2CCOCC2)c(OCc2ccccc2)c1C. The van der Waals surface area contributed by atoms with Gasteiger partial charge >= 0.3 is 0 Å². The van der Waals surface area contributed by atoms with Gasteiger partial charge in [-0.15, -0.1) is 0 Å². The minimum Gasteiger partial charge on any atom is -0.486 e. The third-order valence-electron chi connectivity index (χ3n) is 4.11. The summed E-state index contributed by atoms with van der Waals surface area (Å²) in [6.07, 6.45) is 0. The van der Waals surface area contributed by atoms with E-state index in [4.69, 9.17) is 21.1 Å². The summed E-state index contributed by atoms with van der Waals surface area (Å²) in [5.41, 5.74) is 3.95. The number of benzene rings is 1. The van der Waals surface area contributed by atoms with Gasteiger partial charge in [0.25, 0.3) is 0 Å². The summed E-state index contributed by atoms with van der Waals surface area (Å²) in [4.78, 5) is 6.67. The van der Waals surface area contributed by atoms with Gasteiger partial charge in [-0.25, -0.2) is 4.98 Å². The Labute approximate surface area is 142 Å². The fourth-order valence-corrected chi connectivity index (χ4v) is 3.02. The second kappa shape index (κ2) is 7.20. The number of anilines is 1. The molecule has 2 heterocycles. The fourth-order valence-electron chi connectivity index (χ4n) is 2.69. The number of hydrogen-bond acceptors (Lipinski definition) is 4. The zero-order valence-electron chi connectivity index (χ0n) is 13.5. The highest BCUT2D eigenvalue weighted by Gasteiger charge is 2.23. The van der Waals surface area contributed by atoms with Crippen LogP contribution in [-0.4, -0.2) is 31.3 Å². The van der Waals surface area contributed by atoms with Gasteiger partial charge in [0.05, 0.1) is 13.2 Å². The lowest BCUT2D eigenvalue weighted by atomic mass is 10.1. The number of rotatable bonds is 4. The maximum Gasteiger partial charge on any atom is 0.156 e. The van der Waals surface area contributed by atoms with E-state index in [9.17, 15) is 0 Å². The summed E-state index contributed by atoms with van der Waals surface area (Å²) < 4.78 is 11.6. The Balaban J connectivity index is 1.92. The molecule has 0 radical (unpaired) electrons. The molecule has 122 valence electrons. The van der Waals surface area contributed by atoms with Crippen LogP contribution in [0, 0.1) is 13.8 Å². The predicted molar refractivity (Wildman–Crippen MR) is 92.5 cm³/mol. The first-order chi connectivity index (χ1) is 11.2. The molecule has 0 saturated carbocycles. The lowest BCUT2D eigenvalue weighted by Gasteiger charge is -2.31. The van der Waals surface area contributed by atoms with Gasteiger partial charge in [0, 0.05) is 24.3 Å². The number of aryl methyl sites for hydroxylation is 1. The number of pyridine rings is 1. The Morgan fingerprint density at radius 2 is 1.87 bits per heavy atom. The van der Waals surface area contributed by atoms with Crippen molar-refractivity contribution in [3.05, 3.63) is 52.3 Å². The van der Waals surface area contributed by atoms with Crippen molar-refractivity contribution in [2.45, 2.75) is 20.5 Å². The maximum absolute atomic E-state index is 6.45. The van der Waals surface area contributed by atoms with Crippen molar-refractivity contribution >= 4 is 17.3 Å². The van der Waals surface area contributed by atoms with Gasteiger partial charge in [0.2, 0.25) is 0 Å². The summed E-state index contributed by atoms with van der Waals surface area (Å²) in [5, 5.41) is 0.498. The Hall–Kier alpha value is -1.78. The maximum atomic E-state index is 6.45.